The number of hydrogen-bond acceptors (Lipinski definition) is 5. The van der Waals surface area contributed by atoms with Crippen molar-refractivity contribution < 1.29 is 19.4 Å². The van der Waals surface area contributed by atoms with Crippen molar-refractivity contribution in [2.45, 2.75) is 6.61 Å². The standard InChI is InChI=1S/C12H18N2O4/c1-16-5-6-18-8-9-3-4-10(12(13)14-15)11(7-9)17-2/h3-4,7,15H,5-6,8H2,1-2H3,(H2,13,14). The fourth-order valence-electron chi connectivity index (χ4n) is 1.42. The van der Waals surface area contributed by atoms with Crippen LogP contribution in [0.2, 0.25) is 0 Å². The number of oxime groups is 1. The second-order valence-electron chi connectivity index (χ2n) is 3.57. The van der Waals surface area contributed by atoms with Gasteiger partial charge in [0, 0.05) is 7.11 Å². The fourth-order valence-corrected chi connectivity index (χ4v) is 1.42. The molecule has 0 saturated carbocycles. The van der Waals surface area contributed by atoms with Crippen LogP contribution in [0.1, 0.15) is 11.1 Å². The molecule has 0 radical (unpaired) electrons. The van der Waals surface area contributed by atoms with E-state index in [1.54, 1.807) is 19.2 Å². The maximum Gasteiger partial charge on any atom is 0.173 e. The monoisotopic (exact) mass is 254 g/mol. The van der Waals surface area contributed by atoms with Gasteiger partial charge in [0.25, 0.3) is 0 Å². The Hall–Kier alpha value is -1.79. The molecule has 0 amide bonds. The Bertz CT molecular complexity index is 407. The van der Waals surface area contributed by atoms with E-state index in [1.807, 2.05) is 6.07 Å². The van der Waals surface area contributed by atoms with Crippen LogP contribution in [0.5, 0.6) is 5.75 Å². The highest BCUT2D eigenvalue weighted by Gasteiger charge is 2.08. The Kier molecular flexibility index (Phi) is 5.96. The quantitative estimate of drug-likeness (QED) is 0.249. The number of nitrogens with two attached hydrogens (primary N) is 1. The van der Waals surface area contributed by atoms with Crippen molar-refractivity contribution in [3.05, 3.63) is 29.3 Å². The van der Waals surface area contributed by atoms with E-state index in [0.29, 0.717) is 31.1 Å². The normalized spacial score (nSPS) is 11.6. The van der Waals surface area contributed by atoms with Gasteiger partial charge >= 0.3 is 0 Å². The molecule has 1 aromatic rings. The van der Waals surface area contributed by atoms with Gasteiger partial charge in [0.2, 0.25) is 0 Å². The molecule has 6 heteroatoms. The van der Waals surface area contributed by atoms with Gasteiger partial charge in [-0.15, -0.1) is 0 Å². The number of benzene rings is 1. The molecule has 0 aliphatic carbocycles. The molecule has 0 aliphatic rings. The number of methoxy groups -OCH3 is 2. The Morgan fingerprint density at radius 1 is 1.33 bits per heavy atom. The van der Waals surface area contributed by atoms with Gasteiger partial charge in [-0.25, -0.2) is 0 Å². The van der Waals surface area contributed by atoms with Gasteiger partial charge < -0.3 is 25.2 Å². The smallest absolute Gasteiger partial charge is 0.173 e. The molecule has 0 atom stereocenters. The van der Waals surface area contributed by atoms with Crippen LogP contribution in [-0.4, -0.2) is 38.5 Å². The van der Waals surface area contributed by atoms with Gasteiger partial charge in [0.1, 0.15) is 5.75 Å². The van der Waals surface area contributed by atoms with Crippen molar-refractivity contribution >= 4 is 5.84 Å². The van der Waals surface area contributed by atoms with E-state index in [9.17, 15) is 0 Å². The summed E-state index contributed by atoms with van der Waals surface area (Å²) >= 11 is 0. The van der Waals surface area contributed by atoms with Crippen LogP contribution in [0.15, 0.2) is 23.4 Å². The topological polar surface area (TPSA) is 86.3 Å². The molecular formula is C12H18N2O4. The summed E-state index contributed by atoms with van der Waals surface area (Å²) in [5.41, 5.74) is 7.02. The molecule has 0 spiro atoms. The van der Waals surface area contributed by atoms with E-state index in [2.05, 4.69) is 5.16 Å². The Morgan fingerprint density at radius 3 is 2.72 bits per heavy atom. The zero-order valence-corrected chi connectivity index (χ0v) is 10.5. The highest BCUT2D eigenvalue weighted by atomic mass is 16.5. The molecule has 0 unspecified atom stereocenters. The van der Waals surface area contributed by atoms with Crippen molar-refractivity contribution in [3.8, 4) is 5.75 Å². The molecule has 100 valence electrons. The second-order valence-corrected chi connectivity index (χ2v) is 3.57. The summed E-state index contributed by atoms with van der Waals surface area (Å²) < 4.78 is 15.5. The first kappa shape index (κ1) is 14.3. The lowest BCUT2D eigenvalue weighted by atomic mass is 10.1. The maximum atomic E-state index is 8.65. The number of amidine groups is 1. The van der Waals surface area contributed by atoms with Gasteiger partial charge in [-0.05, 0) is 17.7 Å². The molecule has 1 aromatic carbocycles. The molecule has 3 N–H and O–H groups in total. The van der Waals surface area contributed by atoms with E-state index in [0.717, 1.165) is 5.56 Å². The number of nitrogens with zero attached hydrogens (tertiary/aromatic N) is 1. The van der Waals surface area contributed by atoms with Gasteiger partial charge in [-0.2, -0.15) is 0 Å². The van der Waals surface area contributed by atoms with Crippen LogP contribution in [0.4, 0.5) is 0 Å². The average molecular weight is 254 g/mol. The summed E-state index contributed by atoms with van der Waals surface area (Å²) in [4.78, 5) is 0. The van der Waals surface area contributed by atoms with E-state index in [-0.39, 0.29) is 5.84 Å². The fraction of sp³-hybridized carbons (Fsp3) is 0.417. The lowest BCUT2D eigenvalue weighted by molar-refractivity contribution is 0.0616. The molecular weight excluding hydrogens is 236 g/mol. The molecule has 0 aromatic heterocycles. The molecule has 18 heavy (non-hydrogen) atoms. The average Bonchev–Trinajstić information content (AvgIpc) is 2.42. The van der Waals surface area contributed by atoms with Crippen molar-refractivity contribution in [2.75, 3.05) is 27.4 Å². The summed E-state index contributed by atoms with van der Waals surface area (Å²) in [6.45, 7) is 1.54. The number of hydrogen-bond donors (Lipinski definition) is 2. The second kappa shape index (κ2) is 7.52. The predicted molar refractivity (Wildman–Crippen MR) is 67.0 cm³/mol. The van der Waals surface area contributed by atoms with Crippen LogP contribution in [-0.2, 0) is 16.1 Å². The predicted octanol–water partition coefficient (Wildman–Crippen LogP) is 0.953. The summed E-state index contributed by atoms with van der Waals surface area (Å²) in [5.74, 6) is 0.553. The third-order valence-electron chi connectivity index (χ3n) is 2.35. The SMILES string of the molecule is COCCOCc1ccc(/C(N)=N/O)c(OC)c1. The van der Waals surface area contributed by atoms with Crippen LogP contribution < -0.4 is 10.5 Å². The lowest BCUT2D eigenvalue weighted by Gasteiger charge is -2.10. The van der Waals surface area contributed by atoms with Crippen LogP contribution in [0.25, 0.3) is 0 Å². The van der Waals surface area contributed by atoms with Gasteiger partial charge in [-0.3, -0.25) is 0 Å². The first-order valence-corrected chi connectivity index (χ1v) is 5.44. The molecule has 0 aliphatic heterocycles. The lowest BCUT2D eigenvalue weighted by Crippen LogP contribution is -2.14. The van der Waals surface area contributed by atoms with Crippen LogP contribution in [0, 0.1) is 0 Å². The maximum absolute atomic E-state index is 8.65. The minimum absolute atomic E-state index is 0.0127. The van der Waals surface area contributed by atoms with Crippen LogP contribution in [0.3, 0.4) is 0 Å². The summed E-state index contributed by atoms with van der Waals surface area (Å²) in [7, 11) is 3.15. The minimum Gasteiger partial charge on any atom is -0.496 e. The molecule has 6 nitrogen and oxygen atoms in total. The first-order chi connectivity index (χ1) is 8.72. The van der Waals surface area contributed by atoms with E-state index in [4.69, 9.17) is 25.2 Å². The molecule has 0 fully saturated rings. The number of ether oxygens (including phenoxy) is 3. The van der Waals surface area contributed by atoms with Crippen molar-refractivity contribution in [2.24, 2.45) is 10.9 Å². The third kappa shape index (κ3) is 3.90. The van der Waals surface area contributed by atoms with E-state index < -0.39 is 0 Å². The molecule has 0 heterocycles. The summed E-state index contributed by atoms with van der Waals surface area (Å²) in [6, 6.07) is 5.35. The van der Waals surface area contributed by atoms with E-state index in [1.165, 1.54) is 7.11 Å². The van der Waals surface area contributed by atoms with E-state index >= 15 is 0 Å². The van der Waals surface area contributed by atoms with Gasteiger partial charge in [0.05, 0.1) is 32.5 Å². The zero-order valence-electron chi connectivity index (χ0n) is 10.5. The minimum atomic E-state index is 0.0127. The largest absolute Gasteiger partial charge is 0.496 e. The number of rotatable bonds is 7. The Labute approximate surface area is 106 Å². The van der Waals surface area contributed by atoms with Crippen LogP contribution >= 0.6 is 0 Å². The van der Waals surface area contributed by atoms with Gasteiger partial charge in [-0.1, -0.05) is 11.2 Å². The van der Waals surface area contributed by atoms with Gasteiger partial charge in [0.15, 0.2) is 5.84 Å². The Balaban J connectivity index is 2.73. The highest BCUT2D eigenvalue weighted by Crippen LogP contribution is 2.20. The van der Waals surface area contributed by atoms with Crippen molar-refractivity contribution in [1.29, 1.82) is 0 Å². The Morgan fingerprint density at radius 2 is 2.11 bits per heavy atom. The molecule has 0 saturated heterocycles. The van der Waals surface area contributed by atoms with Crippen molar-refractivity contribution in [3.63, 3.8) is 0 Å². The summed E-state index contributed by atoms with van der Waals surface area (Å²) in [5, 5.41) is 11.6. The first-order valence-electron chi connectivity index (χ1n) is 5.44. The molecule has 0 bridgehead atoms. The third-order valence-corrected chi connectivity index (χ3v) is 2.35. The zero-order chi connectivity index (χ0) is 13.4. The van der Waals surface area contributed by atoms with Crippen molar-refractivity contribution in [1.82, 2.24) is 0 Å². The highest BCUT2D eigenvalue weighted by molar-refractivity contribution is 5.99. The molecule has 1 rings (SSSR count). The summed E-state index contributed by atoms with van der Waals surface area (Å²) in [6.07, 6.45) is 0.